The van der Waals surface area contributed by atoms with Crippen LogP contribution in [0.1, 0.15) is 6.23 Å². The highest BCUT2D eigenvalue weighted by Crippen LogP contribution is 2.50. The molecule has 4 N–H and O–H groups in total. The molecular formula is C17H17N5O4S2. The second kappa shape index (κ2) is 7.17. The average molecular weight is 419 g/mol. The van der Waals surface area contributed by atoms with Gasteiger partial charge in [0.2, 0.25) is 0 Å². The molecule has 28 heavy (non-hydrogen) atoms. The molecule has 146 valence electrons. The highest BCUT2D eigenvalue weighted by Gasteiger charge is 2.47. The molecule has 0 spiro atoms. The number of aliphatic hydroxyl groups is 2. The zero-order valence-electron chi connectivity index (χ0n) is 14.5. The van der Waals surface area contributed by atoms with Crippen LogP contribution in [-0.2, 0) is 9.47 Å². The van der Waals surface area contributed by atoms with E-state index in [0.29, 0.717) is 11.2 Å². The molecule has 2 aromatic heterocycles. The van der Waals surface area contributed by atoms with Gasteiger partial charge in [-0.1, -0.05) is 35.7 Å². The molecule has 4 heterocycles. The van der Waals surface area contributed by atoms with Crippen LogP contribution in [0.2, 0.25) is 0 Å². The lowest BCUT2D eigenvalue weighted by molar-refractivity contribution is -0.0646. The summed E-state index contributed by atoms with van der Waals surface area (Å²) in [5.41, 5.74) is 6.80. The minimum atomic E-state index is -1.00. The first kappa shape index (κ1) is 18.2. The van der Waals surface area contributed by atoms with Crippen LogP contribution in [0.25, 0.3) is 11.2 Å². The van der Waals surface area contributed by atoms with Crippen molar-refractivity contribution >= 4 is 40.5 Å². The van der Waals surface area contributed by atoms with Crippen molar-refractivity contribution in [1.82, 2.24) is 19.5 Å². The second-order valence-electron chi connectivity index (χ2n) is 6.39. The first-order chi connectivity index (χ1) is 13.7. The summed E-state index contributed by atoms with van der Waals surface area (Å²) in [7, 11) is 0. The SMILES string of the molecule is Nc1ncnc2c1ncn2[C@@H]1O[C@H](CO)C(O)[C@@H]1OC1Sc2ccccc2S1. The molecule has 4 atom stereocenters. The quantitative estimate of drug-likeness (QED) is 0.568. The van der Waals surface area contributed by atoms with Crippen molar-refractivity contribution in [3.05, 3.63) is 36.9 Å². The number of aromatic nitrogens is 4. The van der Waals surface area contributed by atoms with Gasteiger partial charge in [-0.25, -0.2) is 15.0 Å². The topological polar surface area (TPSA) is 129 Å². The molecule has 0 aliphatic carbocycles. The van der Waals surface area contributed by atoms with Gasteiger partial charge in [0.05, 0.1) is 12.9 Å². The predicted molar refractivity (Wildman–Crippen MR) is 104 cm³/mol. The lowest BCUT2D eigenvalue weighted by Gasteiger charge is -2.24. The number of ether oxygens (including phenoxy) is 2. The van der Waals surface area contributed by atoms with Gasteiger partial charge in [0.1, 0.15) is 30.2 Å². The Morgan fingerprint density at radius 3 is 2.64 bits per heavy atom. The number of hydrogen-bond donors (Lipinski definition) is 3. The van der Waals surface area contributed by atoms with E-state index in [-0.39, 0.29) is 17.2 Å². The standard InChI is InChI=1S/C17H17N5O4S2/c18-14-11-15(20-6-19-14)22(7-21-11)16-13(12(24)8(5-23)25-16)26-17-27-9-3-1-2-4-10(9)28-17/h1-4,6-8,12-13,16-17,23-24H,5H2,(H2,18,19,20)/t8-,12?,13+,16-/m1/s1. The van der Waals surface area contributed by atoms with E-state index in [1.165, 1.54) is 12.7 Å². The number of aliphatic hydroxyl groups excluding tert-OH is 2. The summed E-state index contributed by atoms with van der Waals surface area (Å²) in [6, 6.07) is 8.04. The third kappa shape index (κ3) is 2.95. The Morgan fingerprint density at radius 1 is 1.18 bits per heavy atom. The summed E-state index contributed by atoms with van der Waals surface area (Å²) in [4.78, 5) is 14.7. The van der Waals surface area contributed by atoms with Crippen LogP contribution >= 0.6 is 23.5 Å². The average Bonchev–Trinajstić information content (AvgIpc) is 3.38. The minimum absolute atomic E-state index is 0.241. The van der Waals surface area contributed by atoms with Crippen LogP contribution in [0, 0.1) is 0 Å². The van der Waals surface area contributed by atoms with Crippen LogP contribution in [0.4, 0.5) is 5.82 Å². The van der Waals surface area contributed by atoms with Gasteiger partial charge < -0.3 is 25.4 Å². The molecule has 2 aliphatic heterocycles. The van der Waals surface area contributed by atoms with Crippen molar-refractivity contribution in [2.24, 2.45) is 0 Å². The number of benzene rings is 1. The Kier molecular flexibility index (Phi) is 4.65. The van der Waals surface area contributed by atoms with Crippen LogP contribution in [0.3, 0.4) is 0 Å². The molecule has 3 aromatic rings. The van der Waals surface area contributed by atoms with Crippen LogP contribution in [0.5, 0.6) is 0 Å². The van der Waals surface area contributed by atoms with E-state index in [9.17, 15) is 10.2 Å². The van der Waals surface area contributed by atoms with Crippen molar-refractivity contribution in [3.63, 3.8) is 0 Å². The summed E-state index contributed by atoms with van der Waals surface area (Å²) >= 11 is 3.16. The fraction of sp³-hybridized carbons (Fsp3) is 0.353. The van der Waals surface area contributed by atoms with Gasteiger partial charge in [0.25, 0.3) is 0 Å². The Hall–Kier alpha value is -1.89. The first-order valence-corrected chi connectivity index (χ1v) is 10.4. The number of imidazole rings is 1. The fourth-order valence-electron chi connectivity index (χ4n) is 3.36. The zero-order valence-corrected chi connectivity index (χ0v) is 16.1. The molecule has 1 aromatic carbocycles. The fourth-order valence-corrected chi connectivity index (χ4v) is 5.92. The van der Waals surface area contributed by atoms with E-state index in [2.05, 4.69) is 15.0 Å². The van der Waals surface area contributed by atoms with Crippen molar-refractivity contribution < 1.29 is 19.7 Å². The van der Waals surface area contributed by atoms with E-state index >= 15 is 0 Å². The summed E-state index contributed by atoms with van der Waals surface area (Å²) in [6.45, 7) is -0.327. The molecule has 11 heteroatoms. The number of nitrogen functional groups attached to an aromatic ring is 1. The summed E-state index contributed by atoms with van der Waals surface area (Å²) < 4.78 is 13.5. The maximum atomic E-state index is 10.7. The van der Waals surface area contributed by atoms with Gasteiger partial charge >= 0.3 is 0 Å². The summed E-state index contributed by atoms with van der Waals surface area (Å²) in [6.07, 6.45) is -0.323. The van der Waals surface area contributed by atoms with Gasteiger partial charge in [-0.05, 0) is 12.1 Å². The zero-order chi connectivity index (χ0) is 19.3. The number of rotatable bonds is 4. The maximum Gasteiger partial charge on any atom is 0.167 e. The van der Waals surface area contributed by atoms with Crippen LogP contribution in [-0.4, -0.2) is 59.4 Å². The molecule has 1 fully saturated rings. The number of hydrogen-bond acceptors (Lipinski definition) is 10. The number of fused-ring (bicyclic) bond motifs is 2. The monoisotopic (exact) mass is 419 g/mol. The third-order valence-corrected chi connectivity index (χ3v) is 7.25. The molecule has 0 radical (unpaired) electrons. The van der Waals surface area contributed by atoms with Crippen molar-refractivity contribution in [2.75, 3.05) is 12.3 Å². The number of nitrogens with two attached hydrogens (primary N) is 1. The van der Waals surface area contributed by atoms with E-state index in [1.807, 2.05) is 24.3 Å². The highest BCUT2D eigenvalue weighted by atomic mass is 32.2. The normalized spacial score (nSPS) is 27.5. The summed E-state index contributed by atoms with van der Waals surface area (Å²) in [5, 5.41) is 20.3. The molecule has 1 unspecified atom stereocenters. The molecule has 0 bridgehead atoms. The van der Waals surface area contributed by atoms with Gasteiger partial charge in [-0.2, -0.15) is 0 Å². The van der Waals surface area contributed by atoms with Gasteiger partial charge in [-0.15, -0.1) is 0 Å². The predicted octanol–water partition coefficient (Wildman–Crippen LogP) is 1.23. The van der Waals surface area contributed by atoms with E-state index in [4.69, 9.17) is 15.2 Å². The lowest BCUT2D eigenvalue weighted by Crippen LogP contribution is -2.36. The van der Waals surface area contributed by atoms with Crippen molar-refractivity contribution in [1.29, 1.82) is 0 Å². The second-order valence-corrected chi connectivity index (χ2v) is 8.90. The molecule has 9 nitrogen and oxygen atoms in total. The number of nitrogens with zero attached hydrogens (tertiary/aromatic N) is 4. The number of anilines is 1. The van der Waals surface area contributed by atoms with Crippen molar-refractivity contribution in [2.45, 2.75) is 39.1 Å². The Balaban J connectivity index is 1.45. The third-order valence-electron chi connectivity index (χ3n) is 4.72. The molecule has 0 amide bonds. The van der Waals surface area contributed by atoms with E-state index in [0.717, 1.165) is 9.79 Å². The molecular weight excluding hydrogens is 402 g/mol. The van der Waals surface area contributed by atoms with Gasteiger partial charge in [-0.3, -0.25) is 4.57 Å². The molecule has 1 saturated heterocycles. The largest absolute Gasteiger partial charge is 0.394 e. The highest BCUT2D eigenvalue weighted by molar-refractivity contribution is 8.19. The van der Waals surface area contributed by atoms with Crippen LogP contribution < -0.4 is 5.73 Å². The Morgan fingerprint density at radius 2 is 1.93 bits per heavy atom. The van der Waals surface area contributed by atoms with Crippen LogP contribution in [0.15, 0.2) is 46.7 Å². The minimum Gasteiger partial charge on any atom is -0.394 e. The lowest BCUT2D eigenvalue weighted by atomic mass is 10.1. The maximum absolute atomic E-state index is 10.7. The summed E-state index contributed by atoms with van der Waals surface area (Å²) in [5.74, 6) is 0.260. The van der Waals surface area contributed by atoms with Gasteiger partial charge in [0, 0.05) is 9.79 Å². The molecule has 0 saturated carbocycles. The molecule has 5 rings (SSSR count). The smallest absolute Gasteiger partial charge is 0.167 e. The first-order valence-electron chi connectivity index (χ1n) is 8.61. The van der Waals surface area contributed by atoms with Crippen molar-refractivity contribution in [3.8, 4) is 0 Å². The molecule has 2 aliphatic rings. The van der Waals surface area contributed by atoms with E-state index < -0.39 is 24.5 Å². The Labute approximate surface area is 168 Å². The Bertz CT molecular complexity index is 993. The number of thioether (sulfide) groups is 2. The van der Waals surface area contributed by atoms with E-state index in [1.54, 1.807) is 28.1 Å². The van der Waals surface area contributed by atoms with Gasteiger partial charge in [0.15, 0.2) is 22.5 Å².